The van der Waals surface area contributed by atoms with Gasteiger partial charge in [0.2, 0.25) is 0 Å². The van der Waals surface area contributed by atoms with E-state index in [0.29, 0.717) is 23.6 Å². The maximum atomic E-state index is 12.5. The summed E-state index contributed by atoms with van der Waals surface area (Å²) in [5, 5.41) is 3.19. The first-order chi connectivity index (χ1) is 9.38. The van der Waals surface area contributed by atoms with Crippen molar-refractivity contribution < 1.29 is 17.6 Å². The molecule has 108 valence electrons. The summed E-state index contributed by atoms with van der Waals surface area (Å²) in [6, 6.07) is 5.14. The Hall–Kier alpha value is -1.82. The van der Waals surface area contributed by atoms with Gasteiger partial charge in [-0.25, -0.2) is 4.98 Å². The topological polar surface area (TPSA) is 38.1 Å². The van der Waals surface area contributed by atoms with Crippen molar-refractivity contribution in [2.45, 2.75) is 32.6 Å². The van der Waals surface area contributed by atoms with Gasteiger partial charge in [-0.1, -0.05) is 26.0 Å². The van der Waals surface area contributed by atoms with Gasteiger partial charge in [0.1, 0.15) is 5.69 Å². The molecular weight excluding hydrogens is 269 g/mol. The SMILES string of the molecule is CC(C)NCc1ncoc1-c1ccc(C(F)(F)F)cc1. The number of halogens is 3. The Kier molecular flexibility index (Phi) is 4.13. The number of hydrogen-bond donors (Lipinski definition) is 1. The largest absolute Gasteiger partial charge is 0.443 e. The van der Waals surface area contributed by atoms with Crippen LogP contribution in [0.2, 0.25) is 0 Å². The molecule has 0 spiro atoms. The summed E-state index contributed by atoms with van der Waals surface area (Å²) >= 11 is 0. The molecule has 0 bridgehead atoms. The molecule has 1 aromatic heterocycles. The van der Waals surface area contributed by atoms with Gasteiger partial charge in [-0.05, 0) is 12.1 Å². The second kappa shape index (κ2) is 5.66. The summed E-state index contributed by atoms with van der Waals surface area (Å²) in [5.41, 5.74) is 0.581. The van der Waals surface area contributed by atoms with E-state index in [1.54, 1.807) is 0 Å². The van der Waals surface area contributed by atoms with Crippen LogP contribution in [0.3, 0.4) is 0 Å². The molecule has 1 N–H and O–H groups in total. The van der Waals surface area contributed by atoms with Crippen LogP contribution in [-0.4, -0.2) is 11.0 Å². The van der Waals surface area contributed by atoms with Gasteiger partial charge in [-0.15, -0.1) is 0 Å². The molecule has 0 fully saturated rings. The molecule has 1 aromatic carbocycles. The molecule has 0 saturated carbocycles. The summed E-state index contributed by atoms with van der Waals surface area (Å²) in [5.74, 6) is 0.492. The predicted octanol–water partition coefficient (Wildman–Crippen LogP) is 3.86. The first-order valence-corrected chi connectivity index (χ1v) is 6.21. The number of benzene rings is 1. The average molecular weight is 284 g/mol. The Bertz CT molecular complexity index is 559. The highest BCUT2D eigenvalue weighted by Crippen LogP contribution is 2.31. The molecule has 0 radical (unpaired) electrons. The fraction of sp³-hybridized carbons (Fsp3) is 0.357. The van der Waals surface area contributed by atoms with Gasteiger partial charge in [-0.3, -0.25) is 0 Å². The number of nitrogens with zero attached hydrogens (tertiary/aromatic N) is 1. The molecule has 0 aliphatic carbocycles. The minimum absolute atomic E-state index is 0.284. The van der Waals surface area contributed by atoms with E-state index in [0.717, 1.165) is 12.1 Å². The van der Waals surface area contributed by atoms with Crippen molar-refractivity contribution in [1.82, 2.24) is 10.3 Å². The van der Waals surface area contributed by atoms with E-state index < -0.39 is 11.7 Å². The van der Waals surface area contributed by atoms with Crippen LogP contribution in [0.4, 0.5) is 13.2 Å². The van der Waals surface area contributed by atoms with Gasteiger partial charge in [-0.2, -0.15) is 13.2 Å². The zero-order valence-electron chi connectivity index (χ0n) is 11.2. The summed E-state index contributed by atoms with van der Waals surface area (Å²) in [6.07, 6.45) is -3.04. The van der Waals surface area contributed by atoms with Crippen molar-refractivity contribution in [3.05, 3.63) is 41.9 Å². The molecule has 6 heteroatoms. The van der Waals surface area contributed by atoms with E-state index in [1.165, 1.54) is 18.5 Å². The third-order valence-electron chi connectivity index (χ3n) is 2.79. The highest BCUT2D eigenvalue weighted by Gasteiger charge is 2.30. The monoisotopic (exact) mass is 284 g/mol. The molecule has 0 saturated heterocycles. The van der Waals surface area contributed by atoms with E-state index in [9.17, 15) is 13.2 Å². The molecule has 2 rings (SSSR count). The summed E-state index contributed by atoms with van der Waals surface area (Å²) < 4.78 is 42.8. The van der Waals surface area contributed by atoms with E-state index in [4.69, 9.17) is 4.42 Å². The van der Waals surface area contributed by atoms with Crippen LogP contribution in [0.5, 0.6) is 0 Å². The van der Waals surface area contributed by atoms with E-state index >= 15 is 0 Å². The van der Waals surface area contributed by atoms with Crippen LogP contribution in [-0.2, 0) is 12.7 Å². The number of nitrogens with one attached hydrogen (secondary N) is 1. The van der Waals surface area contributed by atoms with Crippen LogP contribution in [0.15, 0.2) is 35.1 Å². The first kappa shape index (κ1) is 14.6. The minimum atomic E-state index is -4.33. The molecule has 20 heavy (non-hydrogen) atoms. The molecule has 0 aliphatic rings. The van der Waals surface area contributed by atoms with Crippen molar-refractivity contribution in [2.75, 3.05) is 0 Å². The van der Waals surface area contributed by atoms with Gasteiger partial charge in [0.25, 0.3) is 0 Å². The van der Waals surface area contributed by atoms with Gasteiger partial charge >= 0.3 is 6.18 Å². The lowest BCUT2D eigenvalue weighted by Gasteiger charge is -2.08. The lowest BCUT2D eigenvalue weighted by Crippen LogP contribution is -2.22. The zero-order valence-corrected chi connectivity index (χ0v) is 11.2. The van der Waals surface area contributed by atoms with Crippen molar-refractivity contribution in [3.63, 3.8) is 0 Å². The minimum Gasteiger partial charge on any atom is -0.443 e. The van der Waals surface area contributed by atoms with E-state index in [1.807, 2.05) is 13.8 Å². The molecule has 0 atom stereocenters. The number of aromatic nitrogens is 1. The van der Waals surface area contributed by atoms with Crippen LogP contribution in [0.1, 0.15) is 25.1 Å². The molecule has 1 heterocycles. The second-order valence-electron chi connectivity index (χ2n) is 4.74. The number of oxazole rings is 1. The zero-order chi connectivity index (χ0) is 14.8. The molecule has 0 unspecified atom stereocenters. The fourth-order valence-electron chi connectivity index (χ4n) is 1.74. The summed E-state index contributed by atoms with van der Waals surface area (Å²) in [4.78, 5) is 4.08. The highest BCUT2D eigenvalue weighted by atomic mass is 19.4. The highest BCUT2D eigenvalue weighted by molar-refractivity contribution is 5.60. The molecule has 2 aromatic rings. The van der Waals surface area contributed by atoms with E-state index in [-0.39, 0.29) is 6.04 Å². The van der Waals surface area contributed by atoms with Gasteiger partial charge < -0.3 is 9.73 Å². The Balaban J connectivity index is 2.22. The standard InChI is InChI=1S/C14H15F3N2O/c1-9(2)18-7-12-13(20-8-19-12)10-3-5-11(6-4-10)14(15,16)17/h3-6,8-9,18H,7H2,1-2H3. The third-order valence-corrected chi connectivity index (χ3v) is 2.79. The van der Waals surface area contributed by atoms with Crippen LogP contribution in [0.25, 0.3) is 11.3 Å². The molecular formula is C14H15F3N2O. The number of hydrogen-bond acceptors (Lipinski definition) is 3. The van der Waals surface area contributed by atoms with Gasteiger partial charge in [0.05, 0.1) is 5.56 Å². The normalized spacial score (nSPS) is 12.1. The average Bonchev–Trinajstić information content (AvgIpc) is 2.83. The molecule has 0 amide bonds. The Morgan fingerprint density at radius 1 is 1.20 bits per heavy atom. The Morgan fingerprint density at radius 3 is 2.40 bits per heavy atom. The second-order valence-corrected chi connectivity index (χ2v) is 4.74. The molecule has 0 aliphatic heterocycles. The van der Waals surface area contributed by atoms with Crippen molar-refractivity contribution in [2.24, 2.45) is 0 Å². The fourth-order valence-corrected chi connectivity index (χ4v) is 1.74. The van der Waals surface area contributed by atoms with Crippen molar-refractivity contribution in [1.29, 1.82) is 0 Å². The summed E-state index contributed by atoms with van der Waals surface area (Å²) in [6.45, 7) is 4.50. The van der Waals surface area contributed by atoms with Crippen molar-refractivity contribution >= 4 is 0 Å². The van der Waals surface area contributed by atoms with Crippen LogP contribution < -0.4 is 5.32 Å². The lowest BCUT2D eigenvalue weighted by atomic mass is 10.1. The third kappa shape index (κ3) is 3.39. The van der Waals surface area contributed by atoms with Crippen molar-refractivity contribution in [3.8, 4) is 11.3 Å². The van der Waals surface area contributed by atoms with Crippen LogP contribution in [0, 0.1) is 0 Å². The molecule has 3 nitrogen and oxygen atoms in total. The maximum Gasteiger partial charge on any atom is 0.416 e. The maximum absolute atomic E-state index is 12.5. The van der Waals surface area contributed by atoms with Gasteiger partial charge in [0, 0.05) is 18.2 Å². The lowest BCUT2D eigenvalue weighted by molar-refractivity contribution is -0.137. The number of alkyl halides is 3. The van der Waals surface area contributed by atoms with Crippen LogP contribution >= 0.6 is 0 Å². The number of rotatable bonds is 4. The summed E-state index contributed by atoms with van der Waals surface area (Å²) in [7, 11) is 0. The van der Waals surface area contributed by atoms with Gasteiger partial charge in [0.15, 0.2) is 12.2 Å². The smallest absolute Gasteiger partial charge is 0.416 e. The van der Waals surface area contributed by atoms with E-state index in [2.05, 4.69) is 10.3 Å². The Morgan fingerprint density at radius 2 is 1.85 bits per heavy atom. The Labute approximate surface area is 114 Å². The predicted molar refractivity (Wildman–Crippen MR) is 68.9 cm³/mol. The first-order valence-electron chi connectivity index (χ1n) is 6.21. The quantitative estimate of drug-likeness (QED) is 0.926.